The molecule has 0 amide bonds. The lowest BCUT2D eigenvalue weighted by Gasteiger charge is -2.01. The van der Waals surface area contributed by atoms with Crippen LogP contribution in [-0.2, 0) is 0 Å². The van der Waals surface area contributed by atoms with Gasteiger partial charge in [-0.05, 0) is 11.5 Å². The Bertz CT molecular complexity index is 703. The van der Waals surface area contributed by atoms with Gasteiger partial charge >= 0.3 is 0 Å². The van der Waals surface area contributed by atoms with Crippen molar-refractivity contribution in [2.24, 2.45) is 0 Å². The van der Waals surface area contributed by atoms with Gasteiger partial charge in [0.2, 0.25) is 0 Å². The summed E-state index contributed by atoms with van der Waals surface area (Å²) in [7, 11) is 0. The molecule has 3 rings (SSSR count). The minimum absolute atomic E-state index is 0.314. The fourth-order valence-electron chi connectivity index (χ4n) is 1.64. The van der Waals surface area contributed by atoms with Gasteiger partial charge in [-0.2, -0.15) is 10.1 Å². The SMILES string of the molecule is O=c1cnn2ccc3ccccc3c2n1. The molecule has 0 spiro atoms. The Kier molecular flexibility index (Phi) is 1.56. The highest BCUT2D eigenvalue weighted by molar-refractivity contribution is 5.93. The zero-order valence-electron chi connectivity index (χ0n) is 7.79. The van der Waals surface area contributed by atoms with Crippen LogP contribution in [-0.4, -0.2) is 14.6 Å². The molecule has 0 radical (unpaired) electrons. The minimum Gasteiger partial charge on any atom is -0.266 e. The van der Waals surface area contributed by atoms with E-state index in [4.69, 9.17) is 0 Å². The lowest BCUT2D eigenvalue weighted by atomic mass is 10.2. The zero-order chi connectivity index (χ0) is 10.3. The van der Waals surface area contributed by atoms with E-state index in [-0.39, 0.29) is 5.56 Å². The first-order valence-corrected chi connectivity index (χ1v) is 4.58. The molecule has 72 valence electrons. The fraction of sp³-hybridized carbons (Fsp3) is 0. The van der Waals surface area contributed by atoms with E-state index in [9.17, 15) is 4.79 Å². The maximum atomic E-state index is 11.1. The summed E-state index contributed by atoms with van der Waals surface area (Å²) in [5.41, 5.74) is 0.284. The van der Waals surface area contributed by atoms with Crippen LogP contribution in [0.3, 0.4) is 0 Å². The van der Waals surface area contributed by atoms with Crippen molar-refractivity contribution in [1.29, 1.82) is 0 Å². The van der Waals surface area contributed by atoms with Crippen LogP contribution >= 0.6 is 0 Å². The van der Waals surface area contributed by atoms with Crippen LogP contribution in [0.15, 0.2) is 47.5 Å². The Labute approximate surface area is 84.8 Å². The van der Waals surface area contributed by atoms with E-state index in [1.807, 2.05) is 30.3 Å². The molecular weight excluding hydrogens is 190 g/mol. The van der Waals surface area contributed by atoms with Crippen LogP contribution in [0.25, 0.3) is 16.4 Å². The van der Waals surface area contributed by atoms with Crippen molar-refractivity contribution in [3.8, 4) is 0 Å². The van der Waals surface area contributed by atoms with Gasteiger partial charge in [0, 0.05) is 11.6 Å². The third-order valence-corrected chi connectivity index (χ3v) is 2.32. The molecular formula is C11H7N3O. The summed E-state index contributed by atoms with van der Waals surface area (Å²) < 4.78 is 1.60. The van der Waals surface area contributed by atoms with Crippen LogP contribution in [0, 0.1) is 0 Å². The van der Waals surface area contributed by atoms with Crippen LogP contribution in [0.5, 0.6) is 0 Å². The Hall–Kier alpha value is -2.23. The second-order valence-electron chi connectivity index (χ2n) is 3.27. The molecule has 0 aliphatic rings. The largest absolute Gasteiger partial charge is 0.291 e. The number of fused-ring (bicyclic) bond motifs is 3. The summed E-state index contributed by atoms with van der Waals surface area (Å²) in [5.74, 6) is 0. The van der Waals surface area contributed by atoms with Crippen LogP contribution in [0.4, 0.5) is 0 Å². The summed E-state index contributed by atoms with van der Waals surface area (Å²) in [4.78, 5) is 15.1. The first-order valence-electron chi connectivity index (χ1n) is 4.58. The quantitative estimate of drug-likeness (QED) is 0.509. The molecule has 1 aromatic carbocycles. The lowest BCUT2D eigenvalue weighted by Crippen LogP contribution is -2.10. The standard InChI is InChI=1S/C11H7N3O/c15-10-7-12-14-6-5-8-3-1-2-4-9(8)11(14)13-10/h1-7H. The van der Waals surface area contributed by atoms with Crippen molar-refractivity contribution >= 4 is 16.4 Å². The molecule has 2 heterocycles. The topological polar surface area (TPSA) is 47.3 Å². The van der Waals surface area contributed by atoms with Gasteiger partial charge in [0.1, 0.15) is 6.20 Å². The van der Waals surface area contributed by atoms with Crippen molar-refractivity contribution < 1.29 is 0 Å². The van der Waals surface area contributed by atoms with E-state index in [0.29, 0.717) is 5.65 Å². The number of pyridine rings is 1. The molecule has 15 heavy (non-hydrogen) atoms. The molecule has 0 atom stereocenters. The van der Waals surface area contributed by atoms with Crippen molar-refractivity contribution in [1.82, 2.24) is 14.6 Å². The molecule has 0 unspecified atom stereocenters. The molecule has 0 saturated heterocycles. The number of nitrogens with zero attached hydrogens (tertiary/aromatic N) is 3. The first kappa shape index (κ1) is 8.11. The summed E-state index contributed by atoms with van der Waals surface area (Å²) in [5, 5.41) is 5.96. The third kappa shape index (κ3) is 1.19. The number of aromatic nitrogens is 3. The second kappa shape index (κ2) is 2.88. The molecule has 0 aliphatic carbocycles. The highest BCUT2D eigenvalue weighted by Gasteiger charge is 2.00. The van der Waals surface area contributed by atoms with E-state index in [2.05, 4.69) is 10.1 Å². The molecule has 0 N–H and O–H groups in total. The maximum absolute atomic E-state index is 11.1. The predicted molar refractivity (Wildman–Crippen MR) is 56.8 cm³/mol. The Balaban J connectivity index is 2.63. The third-order valence-electron chi connectivity index (χ3n) is 2.32. The normalized spacial score (nSPS) is 10.9. The highest BCUT2D eigenvalue weighted by Crippen LogP contribution is 2.15. The number of hydrogen-bond acceptors (Lipinski definition) is 3. The zero-order valence-corrected chi connectivity index (χ0v) is 7.79. The lowest BCUT2D eigenvalue weighted by molar-refractivity contribution is 0.886. The van der Waals surface area contributed by atoms with E-state index >= 15 is 0 Å². The highest BCUT2D eigenvalue weighted by atomic mass is 16.1. The van der Waals surface area contributed by atoms with Gasteiger partial charge in [-0.1, -0.05) is 24.3 Å². The van der Waals surface area contributed by atoms with Crippen molar-refractivity contribution in [2.75, 3.05) is 0 Å². The number of benzene rings is 1. The molecule has 0 bridgehead atoms. The minimum atomic E-state index is -0.314. The number of rotatable bonds is 0. The summed E-state index contributed by atoms with van der Waals surface area (Å²) >= 11 is 0. The number of hydrogen-bond donors (Lipinski definition) is 0. The summed E-state index contributed by atoms with van der Waals surface area (Å²) in [6.45, 7) is 0. The second-order valence-corrected chi connectivity index (χ2v) is 3.27. The van der Waals surface area contributed by atoms with Gasteiger partial charge < -0.3 is 0 Å². The Morgan fingerprint density at radius 3 is 2.93 bits per heavy atom. The predicted octanol–water partition coefficient (Wildman–Crippen LogP) is 1.24. The molecule has 0 aliphatic heterocycles. The molecule has 4 nitrogen and oxygen atoms in total. The molecule has 2 aromatic heterocycles. The average Bonchev–Trinajstić information content (AvgIpc) is 2.29. The van der Waals surface area contributed by atoms with E-state index in [1.165, 1.54) is 6.20 Å². The molecule has 3 aromatic rings. The molecule has 4 heteroatoms. The van der Waals surface area contributed by atoms with E-state index in [0.717, 1.165) is 10.8 Å². The average molecular weight is 197 g/mol. The van der Waals surface area contributed by atoms with E-state index in [1.54, 1.807) is 10.7 Å². The van der Waals surface area contributed by atoms with Crippen molar-refractivity contribution in [3.05, 3.63) is 53.1 Å². The van der Waals surface area contributed by atoms with Gasteiger partial charge in [-0.15, -0.1) is 0 Å². The summed E-state index contributed by atoms with van der Waals surface area (Å²) in [6, 6.07) is 9.73. The summed E-state index contributed by atoms with van der Waals surface area (Å²) in [6.07, 6.45) is 3.01. The molecule has 0 fully saturated rings. The van der Waals surface area contributed by atoms with Gasteiger partial charge in [-0.25, -0.2) is 4.52 Å². The van der Waals surface area contributed by atoms with Crippen LogP contribution < -0.4 is 5.56 Å². The van der Waals surface area contributed by atoms with Gasteiger partial charge in [-0.3, -0.25) is 4.79 Å². The monoisotopic (exact) mass is 197 g/mol. The van der Waals surface area contributed by atoms with Crippen molar-refractivity contribution in [3.63, 3.8) is 0 Å². The smallest absolute Gasteiger partial charge is 0.266 e. The van der Waals surface area contributed by atoms with Crippen molar-refractivity contribution in [2.45, 2.75) is 0 Å². The first-order chi connectivity index (χ1) is 7.34. The Morgan fingerprint density at radius 1 is 1.13 bits per heavy atom. The van der Waals surface area contributed by atoms with Gasteiger partial charge in [0.05, 0.1) is 0 Å². The van der Waals surface area contributed by atoms with Gasteiger partial charge in [0.15, 0.2) is 5.65 Å². The fourth-order valence-corrected chi connectivity index (χ4v) is 1.64. The Morgan fingerprint density at radius 2 is 2.00 bits per heavy atom. The van der Waals surface area contributed by atoms with Crippen LogP contribution in [0.2, 0.25) is 0 Å². The van der Waals surface area contributed by atoms with E-state index < -0.39 is 0 Å². The van der Waals surface area contributed by atoms with Crippen LogP contribution in [0.1, 0.15) is 0 Å². The molecule has 0 saturated carbocycles. The van der Waals surface area contributed by atoms with Gasteiger partial charge in [0.25, 0.3) is 5.56 Å². The maximum Gasteiger partial charge on any atom is 0.291 e.